The summed E-state index contributed by atoms with van der Waals surface area (Å²) in [5, 5.41) is 0. The van der Waals surface area contributed by atoms with Gasteiger partial charge in [0, 0.05) is 40.8 Å². The zero-order chi connectivity index (χ0) is 14.7. The minimum Gasteiger partial charge on any atom is -0.469 e. The molecule has 0 radical (unpaired) electrons. The van der Waals surface area contributed by atoms with Gasteiger partial charge in [0.05, 0.1) is 6.54 Å². The largest absolute Gasteiger partial charge is 0.469 e. The van der Waals surface area contributed by atoms with E-state index in [0.29, 0.717) is 18.9 Å². The number of allylic oxidation sites excluding steroid dienone is 1. The smallest absolute Gasteiger partial charge is 0.254 e. The molecule has 0 atom stereocenters. The molecule has 2 heterocycles. The van der Waals surface area contributed by atoms with Crippen molar-refractivity contribution < 1.29 is 4.74 Å². The molecule has 5 heteroatoms. The maximum atomic E-state index is 12.3. The highest BCUT2D eigenvalue weighted by molar-refractivity contribution is 9.10. The Balaban J connectivity index is 2.16. The zero-order valence-corrected chi connectivity index (χ0v) is 13.7. The van der Waals surface area contributed by atoms with Gasteiger partial charge in [0.25, 0.3) is 5.56 Å². The van der Waals surface area contributed by atoms with Crippen molar-refractivity contribution in [2.45, 2.75) is 32.8 Å². The van der Waals surface area contributed by atoms with Crippen LogP contribution in [0.2, 0.25) is 0 Å². The number of aromatic nitrogens is 1. The highest BCUT2D eigenvalue weighted by Crippen LogP contribution is 2.39. The van der Waals surface area contributed by atoms with Crippen LogP contribution >= 0.6 is 15.9 Å². The average Bonchev–Trinajstić information content (AvgIpc) is 2.86. The Morgan fingerprint density at radius 1 is 1.45 bits per heavy atom. The lowest BCUT2D eigenvalue weighted by Gasteiger charge is -2.18. The van der Waals surface area contributed by atoms with Gasteiger partial charge in [0.1, 0.15) is 5.60 Å². The summed E-state index contributed by atoms with van der Waals surface area (Å²) < 4.78 is 8.47. The summed E-state index contributed by atoms with van der Waals surface area (Å²) in [6.07, 6.45) is 2.47. The van der Waals surface area contributed by atoms with Gasteiger partial charge in [-0.05, 0) is 36.7 Å². The minimum absolute atomic E-state index is 0.0513. The van der Waals surface area contributed by atoms with Crippen molar-refractivity contribution in [3.05, 3.63) is 37.7 Å². The third kappa shape index (κ3) is 1.95. The molecule has 4 nitrogen and oxygen atoms in total. The van der Waals surface area contributed by atoms with E-state index < -0.39 is 0 Å². The fourth-order valence-electron chi connectivity index (χ4n) is 2.77. The van der Waals surface area contributed by atoms with Crippen molar-refractivity contribution in [2.75, 3.05) is 6.54 Å². The molecule has 0 N–H and O–H groups in total. The van der Waals surface area contributed by atoms with Crippen molar-refractivity contribution in [3.8, 4) is 0 Å². The summed E-state index contributed by atoms with van der Waals surface area (Å²) >= 11 is 3.57. The van der Waals surface area contributed by atoms with E-state index >= 15 is 0 Å². The van der Waals surface area contributed by atoms with Crippen molar-refractivity contribution in [3.63, 3.8) is 0 Å². The summed E-state index contributed by atoms with van der Waals surface area (Å²) in [6, 6.07) is 0. The molecule has 1 aromatic heterocycles. The first-order valence-corrected chi connectivity index (χ1v) is 7.41. The van der Waals surface area contributed by atoms with Crippen molar-refractivity contribution in [2.24, 2.45) is 12.0 Å². The molecule has 1 aliphatic heterocycles. The Labute approximate surface area is 126 Å². The summed E-state index contributed by atoms with van der Waals surface area (Å²) in [4.78, 5) is 16.8. The van der Waals surface area contributed by atoms with Crippen molar-refractivity contribution in [1.82, 2.24) is 4.57 Å². The molecule has 1 aliphatic carbocycles. The molecule has 0 saturated carbocycles. The van der Waals surface area contributed by atoms with E-state index in [9.17, 15) is 4.79 Å². The molecule has 0 saturated heterocycles. The summed E-state index contributed by atoms with van der Waals surface area (Å²) in [7, 11) is 1.77. The standard InChI is InChI=1S/C15H17BrN2O2/c1-8-5-9-12(10(16)6-18(4)14(9)19)11(8)13-17-7-15(2,3)20-13/h6H,5,7H2,1-4H3. The Hall–Kier alpha value is -1.36. The second-order valence-electron chi connectivity index (χ2n) is 6.06. The van der Waals surface area contributed by atoms with Crippen LogP contribution in [0.1, 0.15) is 31.9 Å². The number of ether oxygens (including phenoxy) is 1. The number of pyridine rings is 1. The van der Waals surface area contributed by atoms with Gasteiger partial charge in [-0.25, -0.2) is 4.99 Å². The number of rotatable bonds is 1. The lowest BCUT2D eigenvalue weighted by Crippen LogP contribution is -2.25. The van der Waals surface area contributed by atoms with Gasteiger partial charge >= 0.3 is 0 Å². The fraction of sp³-hybridized carbons (Fsp3) is 0.467. The molecule has 20 heavy (non-hydrogen) atoms. The molecule has 106 valence electrons. The monoisotopic (exact) mass is 336 g/mol. The number of aryl methyl sites for hydroxylation is 1. The predicted octanol–water partition coefficient (Wildman–Crippen LogP) is 2.68. The van der Waals surface area contributed by atoms with E-state index in [2.05, 4.69) is 20.9 Å². The van der Waals surface area contributed by atoms with Crippen LogP contribution < -0.4 is 5.56 Å². The van der Waals surface area contributed by atoms with Crippen molar-refractivity contribution in [1.29, 1.82) is 0 Å². The Kier molecular flexibility index (Phi) is 2.94. The Morgan fingerprint density at radius 2 is 2.15 bits per heavy atom. The van der Waals surface area contributed by atoms with Crippen LogP contribution in [0.5, 0.6) is 0 Å². The molecule has 0 fully saturated rings. The Bertz CT molecular complexity index is 726. The molecule has 0 unspecified atom stereocenters. The number of hydrogen-bond acceptors (Lipinski definition) is 3. The topological polar surface area (TPSA) is 43.6 Å². The second-order valence-corrected chi connectivity index (χ2v) is 6.92. The summed E-state index contributed by atoms with van der Waals surface area (Å²) in [5.41, 5.74) is 3.68. The number of hydrogen-bond donors (Lipinski definition) is 0. The van der Waals surface area contributed by atoms with Crippen molar-refractivity contribution >= 4 is 27.4 Å². The van der Waals surface area contributed by atoms with Gasteiger partial charge in [0.2, 0.25) is 5.90 Å². The molecule has 0 amide bonds. The molecule has 0 aromatic carbocycles. The summed E-state index contributed by atoms with van der Waals surface area (Å²) in [5.74, 6) is 0.667. The lowest BCUT2D eigenvalue weighted by atomic mass is 10.1. The van der Waals surface area contributed by atoms with Crippen LogP contribution in [0.4, 0.5) is 0 Å². The van der Waals surface area contributed by atoms with Crippen LogP contribution in [0.25, 0.3) is 5.57 Å². The first-order chi connectivity index (χ1) is 9.30. The molecular formula is C15H17BrN2O2. The van der Waals surface area contributed by atoms with Gasteiger partial charge in [-0.2, -0.15) is 0 Å². The van der Waals surface area contributed by atoms with Crippen LogP contribution in [-0.4, -0.2) is 22.6 Å². The lowest BCUT2D eigenvalue weighted by molar-refractivity contribution is 0.133. The van der Waals surface area contributed by atoms with E-state index in [1.54, 1.807) is 17.8 Å². The molecule has 3 rings (SSSR count). The van der Waals surface area contributed by atoms with Crippen LogP contribution in [0.15, 0.2) is 26.0 Å². The van der Waals surface area contributed by atoms with Crippen LogP contribution in [0.3, 0.4) is 0 Å². The number of halogens is 1. The number of nitrogens with zero attached hydrogens (tertiary/aromatic N) is 2. The summed E-state index contributed by atoms with van der Waals surface area (Å²) in [6.45, 7) is 6.73. The van der Waals surface area contributed by atoms with E-state index in [-0.39, 0.29) is 11.2 Å². The zero-order valence-electron chi connectivity index (χ0n) is 12.1. The number of aliphatic imine (C=N–C) groups is 1. The molecule has 0 bridgehead atoms. The van der Waals surface area contributed by atoms with E-state index in [0.717, 1.165) is 26.7 Å². The van der Waals surface area contributed by atoms with Gasteiger partial charge in [-0.15, -0.1) is 0 Å². The van der Waals surface area contributed by atoms with E-state index in [1.165, 1.54) is 0 Å². The average molecular weight is 337 g/mol. The second kappa shape index (κ2) is 4.32. The highest BCUT2D eigenvalue weighted by Gasteiger charge is 2.35. The normalized spacial score (nSPS) is 19.9. The van der Waals surface area contributed by atoms with Gasteiger partial charge in [-0.1, -0.05) is 5.57 Å². The highest BCUT2D eigenvalue weighted by atomic mass is 79.9. The van der Waals surface area contributed by atoms with E-state index in [1.807, 2.05) is 20.8 Å². The third-order valence-corrected chi connectivity index (χ3v) is 4.34. The fourth-order valence-corrected chi connectivity index (χ4v) is 3.51. The Morgan fingerprint density at radius 3 is 2.75 bits per heavy atom. The van der Waals surface area contributed by atoms with Gasteiger partial charge < -0.3 is 9.30 Å². The molecular weight excluding hydrogens is 320 g/mol. The predicted molar refractivity (Wildman–Crippen MR) is 83.1 cm³/mol. The first kappa shape index (κ1) is 13.6. The van der Waals surface area contributed by atoms with Gasteiger partial charge in [0.15, 0.2) is 0 Å². The third-order valence-electron chi connectivity index (χ3n) is 3.74. The van der Waals surface area contributed by atoms with Crippen LogP contribution in [-0.2, 0) is 18.2 Å². The minimum atomic E-state index is -0.266. The molecule has 0 spiro atoms. The first-order valence-electron chi connectivity index (χ1n) is 6.62. The van der Waals surface area contributed by atoms with E-state index in [4.69, 9.17) is 4.74 Å². The van der Waals surface area contributed by atoms with Gasteiger partial charge in [-0.3, -0.25) is 4.79 Å². The maximum Gasteiger partial charge on any atom is 0.254 e. The molecule has 2 aliphatic rings. The SMILES string of the molecule is CC1=C(C2=NCC(C)(C)O2)c2c(Br)cn(C)c(=O)c2C1. The van der Waals surface area contributed by atoms with Crippen LogP contribution in [0, 0.1) is 0 Å². The quantitative estimate of drug-likeness (QED) is 0.791. The maximum absolute atomic E-state index is 12.3. The molecule has 1 aromatic rings. The number of fused-ring (bicyclic) bond motifs is 1.